The number of hydrogen-bond donors (Lipinski definition) is 2. The Kier molecular flexibility index (Phi) is 3.92. The van der Waals surface area contributed by atoms with Gasteiger partial charge >= 0.3 is 5.97 Å². The summed E-state index contributed by atoms with van der Waals surface area (Å²) in [5.41, 5.74) is 2.59. The van der Waals surface area contributed by atoms with Crippen LogP contribution in [0.3, 0.4) is 0 Å². The average Bonchev–Trinajstić information content (AvgIpc) is 2.98. The second kappa shape index (κ2) is 6.16. The molecular formula is C23H20O4. The zero-order chi connectivity index (χ0) is 19.2. The normalized spacial score (nSPS) is 18.4. The van der Waals surface area contributed by atoms with Gasteiger partial charge in [0.05, 0.1) is 5.56 Å². The molecule has 3 aromatic carbocycles. The lowest BCUT2D eigenvalue weighted by Gasteiger charge is -2.30. The Hall–Kier alpha value is -3.27. The van der Waals surface area contributed by atoms with Crippen molar-refractivity contribution in [3.8, 4) is 11.5 Å². The summed E-state index contributed by atoms with van der Waals surface area (Å²) in [7, 11) is 0. The van der Waals surface area contributed by atoms with Crippen molar-refractivity contribution in [3.63, 3.8) is 0 Å². The lowest BCUT2D eigenvalue weighted by Crippen LogP contribution is -2.29. The van der Waals surface area contributed by atoms with Gasteiger partial charge in [0.1, 0.15) is 0 Å². The molecule has 1 unspecified atom stereocenters. The van der Waals surface area contributed by atoms with Gasteiger partial charge in [-0.05, 0) is 29.7 Å². The highest BCUT2D eigenvalue weighted by atomic mass is 16.6. The molecule has 2 N–H and O–H groups in total. The maximum atomic E-state index is 12.6. The highest BCUT2D eigenvalue weighted by Crippen LogP contribution is 2.48. The Morgan fingerprint density at radius 2 is 1.52 bits per heavy atom. The summed E-state index contributed by atoms with van der Waals surface area (Å²) >= 11 is 0. The van der Waals surface area contributed by atoms with Crippen molar-refractivity contribution < 1.29 is 19.7 Å². The van der Waals surface area contributed by atoms with Gasteiger partial charge in [-0.15, -0.1) is 0 Å². The molecule has 136 valence electrons. The fraction of sp³-hybridized carbons (Fsp3) is 0.174. The summed E-state index contributed by atoms with van der Waals surface area (Å²) in [4.78, 5) is 12.6. The Morgan fingerprint density at radius 1 is 0.852 bits per heavy atom. The van der Waals surface area contributed by atoms with Gasteiger partial charge in [-0.3, -0.25) is 0 Å². The summed E-state index contributed by atoms with van der Waals surface area (Å²) in [6.07, 6.45) is 0. The molecule has 0 bridgehead atoms. The van der Waals surface area contributed by atoms with Crippen LogP contribution < -0.4 is 0 Å². The van der Waals surface area contributed by atoms with Gasteiger partial charge < -0.3 is 14.9 Å². The Bertz CT molecular complexity index is 1020. The Labute approximate surface area is 157 Å². The topological polar surface area (TPSA) is 66.8 Å². The SMILES string of the molecule is CC(C)c1ccc(C2(c3ccc(O)c(O)c3)OC(=O)c3ccccc32)cc1. The van der Waals surface area contributed by atoms with Crippen molar-refractivity contribution in [1.29, 1.82) is 0 Å². The Morgan fingerprint density at radius 3 is 2.19 bits per heavy atom. The first kappa shape index (κ1) is 17.2. The zero-order valence-corrected chi connectivity index (χ0v) is 15.1. The third-order valence-corrected chi connectivity index (χ3v) is 5.14. The minimum absolute atomic E-state index is 0.221. The van der Waals surface area contributed by atoms with Crippen LogP contribution in [0.2, 0.25) is 0 Å². The molecule has 3 aromatic rings. The molecule has 0 saturated carbocycles. The first-order valence-electron chi connectivity index (χ1n) is 8.89. The lowest BCUT2D eigenvalue weighted by atomic mass is 9.79. The van der Waals surface area contributed by atoms with E-state index in [2.05, 4.69) is 13.8 Å². The number of phenols is 2. The highest BCUT2D eigenvalue weighted by Gasteiger charge is 2.48. The first-order chi connectivity index (χ1) is 12.9. The molecule has 4 nitrogen and oxygen atoms in total. The molecule has 1 aliphatic heterocycles. The molecule has 1 heterocycles. The number of aromatic hydroxyl groups is 2. The fourth-order valence-electron chi connectivity index (χ4n) is 3.66. The van der Waals surface area contributed by atoms with Gasteiger partial charge in [-0.25, -0.2) is 4.79 Å². The van der Waals surface area contributed by atoms with Crippen LogP contribution in [0.15, 0.2) is 66.7 Å². The monoisotopic (exact) mass is 360 g/mol. The van der Waals surface area contributed by atoms with Crippen LogP contribution in [-0.2, 0) is 10.3 Å². The summed E-state index contributed by atoms with van der Waals surface area (Å²) in [6, 6.07) is 19.7. The van der Waals surface area contributed by atoms with Crippen molar-refractivity contribution in [2.75, 3.05) is 0 Å². The van der Waals surface area contributed by atoms with Crippen LogP contribution in [-0.4, -0.2) is 16.2 Å². The second-order valence-corrected chi connectivity index (χ2v) is 7.10. The van der Waals surface area contributed by atoms with E-state index >= 15 is 0 Å². The summed E-state index contributed by atoms with van der Waals surface area (Å²) in [5.74, 6) is -0.509. The summed E-state index contributed by atoms with van der Waals surface area (Å²) in [5, 5.41) is 19.8. The molecule has 0 aliphatic carbocycles. The van der Waals surface area contributed by atoms with Crippen molar-refractivity contribution in [2.45, 2.75) is 25.4 Å². The van der Waals surface area contributed by atoms with Gasteiger partial charge in [0.2, 0.25) is 0 Å². The highest BCUT2D eigenvalue weighted by molar-refractivity contribution is 5.96. The molecule has 4 rings (SSSR count). The molecule has 27 heavy (non-hydrogen) atoms. The quantitative estimate of drug-likeness (QED) is 0.525. The maximum absolute atomic E-state index is 12.6. The number of hydrogen-bond acceptors (Lipinski definition) is 4. The predicted molar refractivity (Wildman–Crippen MR) is 102 cm³/mol. The van der Waals surface area contributed by atoms with Crippen molar-refractivity contribution in [2.24, 2.45) is 0 Å². The molecule has 0 aromatic heterocycles. The number of carbonyl (C=O) groups excluding carboxylic acids is 1. The van der Waals surface area contributed by atoms with Crippen LogP contribution in [0.5, 0.6) is 11.5 Å². The number of phenolic OH excluding ortho intramolecular Hbond substituents is 2. The van der Waals surface area contributed by atoms with E-state index in [0.29, 0.717) is 17.0 Å². The molecule has 1 atom stereocenters. The van der Waals surface area contributed by atoms with Gasteiger partial charge in [-0.2, -0.15) is 0 Å². The first-order valence-corrected chi connectivity index (χ1v) is 8.89. The molecule has 0 amide bonds. The van der Waals surface area contributed by atoms with Gasteiger partial charge in [0.25, 0.3) is 0 Å². The lowest BCUT2D eigenvalue weighted by molar-refractivity contribution is 0.0250. The number of cyclic esters (lactones) is 1. The molecule has 0 fully saturated rings. The van der Waals surface area contributed by atoms with Crippen molar-refractivity contribution >= 4 is 5.97 Å². The summed E-state index contributed by atoms with van der Waals surface area (Å²) < 4.78 is 5.96. The minimum atomic E-state index is -1.17. The molecule has 0 radical (unpaired) electrons. The van der Waals surface area contributed by atoms with Crippen LogP contribution in [0, 0.1) is 0 Å². The second-order valence-electron chi connectivity index (χ2n) is 7.10. The average molecular weight is 360 g/mol. The Balaban J connectivity index is 1.99. The fourth-order valence-corrected chi connectivity index (χ4v) is 3.66. The van der Waals surface area contributed by atoms with Crippen molar-refractivity contribution in [3.05, 3.63) is 94.5 Å². The molecule has 1 aliphatic rings. The van der Waals surface area contributed by atoms with E-state index < -0.39 is 11.6 Å². The standard InChI is InChI=1S/C23H20O4/c1-14(2)15-7-9-16(10-8-15)23(17-11-12-20(24)21(25)13-17)19-6-4-3-5-18(19)22(26)27-23/h3-14,24-25H,1-2H3. The van der Waals surface area contributed by atoms with Gasteiger partial charge in [0.15, 0.2) is 17.1 Å². The number of carbonyl (C=O) groups is 1. The molecule has 4 heteroatoms. The number of ether oxygens (including phenoxy) is 1. The third kappa shape index (κ3) is 2.56. The minimum Gasteiger partial charge on any atom is -0.504 e. The van der Waals surface area contributed by atoms with Gasteiger partial charge in [-0.1, -0.05) is 62.4 Å². The number of rotatable bonds is 3. The van der Waals surface area contributed by atoms with Crippen LogP contribution >= 0.6 is 0 Å². The van der Waals surface area contributed by atoms with Crippen molar-refractivity contribution in [1.82, 2.24) is 0 Å². The summed E-state index contributed by atoms with van der Waals surface area (Å²) in [6.45, 7) is 4.24. The number of benzene rings is 3. The van der Waals surface area contributed by atoms with E-state index in [1.807, 2.05) is 36.4 Å². The van der Waals surface area contributed by atoms with Crippen LogP contribution in [0.25, 0.3) is 0 Å². The molecular weight excluding hydrogens is 340 g/mol. The van der Waals surface area contributed by atoms with E-state index in [9.17, 15) is 15.0 Å². The third-order valence-electron chi connectivity index (χ3n) is 5.14. The van der Waals surface area contributed by atoms with E-state index in [-0.39, 0.29) is 11.5 Å². The predicted octanol–water partition coefficient (Wildman–Crippen LogP) is 4.68. The number of esters is 1. The largest absolute Gasteiger partial charge is 0.504 e. The maximum Gasteiger partial charge on any atom is 0.340 e. The van der Waals surface area contributed by atoms with E-state index in [0.717, 1.165) is 11.1 Å². The number of fused-ring (bicyclic) bond motifs is 1. The van der Waals surface area contributed by atoms with E-state index in [1.54, 1.807) is 18.2 Å². The smallest absolute Gasteiger partial charge is 0.340 e. The van der Waals surface area contributed by atoms with E-state index in [1.165, 1.54) is 17.7 Å². The molecule has 0 saturated heterocycles. The van der Waals surface area contributed by atoms with Crippen LogP contribution in [0.1, 0.15) is 52.4 Å². The van der Waals surface area contributed by atoms with Gasteiger partial charge in [0, 0.05) is 16.7 Å². The molecule has 0 spiro atoms. The zero-order valence-electron chi connectivity index (χ0n) is 15.1. The van der Waals surface area contributed by atoms with Crippen LogP contribution in [0.4, 0.5) is 0 Å². The van der Waals surface area contributed by atoms with E-state index in [4.69, 9.17) is 4.74 Å².